The Morgan fingerprint density at radius 3 is 1.22 bits per heavy atom. The Labute approximate surface area is 325 Å². The molecular formula is C40H31F6N5O2OsP-. The van der Waals surface area contributed by atoms with Crippen LogP contribution in [-0.2, 0) is 24.5 Å². The van der Waals surface area contributed by atoms with Crippen molar-refractivity contribution in [2.24, 2.45) is 0 Å². The maximum absolute atomic E-state index is 11.9. The van der Waals surface area contributed by atoms with Crippen molar-refractivity contribution in [1.29, 1.82) is 0 Å². The summed E-state index contributed by atoms with van der Waals surface area (Å²) in [6.07, 6.45) is 7.02. The number of ether oxygens (including phenoxy) is 1. The molecule has 0 aliphatic heterocycles. The van der Waals surface area contributed by atoms with Gasteiger partial charge in [-0.3, -0.25) is 19.9 Å². The molecule has 7 rings (SSSR count). The van der Waals surface area contributed by atoms with E-state index in [2.05, 4.69) is 63.3 Å². The Morgan fingerprint density at radius 2 is 0.873 bits per heavy atom. The number of esters is 1. The number of halogens is 6. The van der Waals surface area contributed by atoms with E-state index >= 15 is 0 Å². The summed E-state index contributed by atoms with van der Waals surface area (Å²) in [6, 6.07) is 41.3. The van der Waals surface area contributed by atoms with Gasteiger partial charge in [-0.1, -0.05) is 54.1 Å². The normalized spacial score (nSPS) is 11.9. The summed E-state index contributed by atoms with van der Waals surface area (Å²) >= 11 is 0. The van der Waals surface area contributed by atoms with Crippen molar-refractivity contribution in [3.8, 4) is 56.4 Å². The molecule has 0 saturated heterocycles. The summed E-state index contributed by atoms with van der Waals surface area (Å²) in [5, 5.41) is 0. The molecule has 0 spiro atoms. The molecule has 15 heteroatoms. The molecule has 0 unspecified atom stereocenters. The van der Waals surface area contributed by atoms with Crippen LogP contribution in [-0.4, -0.2) is 38.0 Å². The number of hydrogen-bond donors (Lipinski definition) is 0. The molecule has 0 aliphatic rings. The van der Waals surface area contributed by atoms with E-state index in [4.69, 9.17) is 9.72 Å². The second kappa shape index (κ2) is 17.2. The fourth-order valence-electron chi connectivity index (χ4n) is 4.96. The Balaban J connectivity index is 0.000000207. The summed E-state index contributed by atoms with van der Waals surface area (Å²) in [6.45, 7) is 2.09. The van der Waals surface area contributed by atoms with Crippen LogP contribution in [0.2, 0.25) is 0 Å². The molecular weight excluding hydrogens is 918 g/mol. The third-order valence-corrected chi connectivity index (χ3v) is 7.34. The number of benzene rings is 2. The number of aryl methyl sites for hydroxylation is 1. The Morgan fingerprint density at radius 1 is 0.491 bits per heavy atom. The third-order valence-electron chi connectivity index (χ3n) is 7.34. The predicted octanol–water partition coefficient (Wildman–Crippen LogP) is 12.2. The van der Waals surface area contributed by atoms with Gasteiger partial charge in [-0.15, -0.1) is 0 Å². The topological polar surface area (TPSA) is 90.8 Å². The van der Waals surface area contributed by atoms with E-state index in [-0.39, 0.29) is 25.8 Å². The van der Waals surface area contributed by atoms with Gasteiger partial charge in [0.05, 0.1) is 46.8 Å². The van der Waals surface area contributed by atoms with Crippen LogP contribution in [0.15, 0.2) is 152 Å². The van der Waals surface area contributed by atoms with Gasteiger partial charge < -0.3 is 4.74 Å². The number of rotatable bonds is 6. The zero-order chi connectivity index (χ0) is 38.8. The Kier molecular flexibility index (Phi) is 13.1. The number of carbonyl (C=O) groups excluding carboxylic acids is 1. The van der Waals surface area contributed by atoms with Gasteiger partial charge in [0.1, 0.15) is 0 Å². The van der Waals surface area contributed by atoms with Crippen molar-refractivity contribution in [3.05, 3.63) is 163 Å². The molecule has 7 nitrogen and oxygen atoms in total. The molecule has 284 valence electrons. The number of carbonyl (C=O) groups is 1. The predicted molar refractivity (Wildman–Crippen MR) is 199 cm³/mol. The standard InChI is InChI=1S/C22H17N3.C18H14N2O2.F6P.Os/c1-16-8-10-17(11-9-16)18-14-21(19-6-2-4-12-23-19)25-22(15-18)20-7-3-5-13-24-20;1-22-18(21)15-11-13(16-6-2-4-8-19-16)10-14(12-15)17-7-3-5-9-20-17;1-7(2,3,4,5)6;/h2-15H,1H3;2-12H,1H3;;/q;;-1;. The van der Waals surface area contributed by atoms with Crippen molar-refractivity contribution in [3.63, 3.8) is 0 Å². The molecule has 0 atom stereocenters. The van der Waals surface area contributed by atoms with Crippen LogP contribution in [0.5, 0.6) is 0 Å². The third kappa shape index (κ3) is 13.9. The molecule has 5 heterocycles. The minimum atomic E-state index is -10.7. The molecule has 0 bridgehead atoms. The molecule has 7 aromatic rings. The summed E-state index contributed by atoms with van der Waals surface area (Å²) in [5.41, 5.74) is 10.7. The molecule has 55 heavy (non-hydrogen) atoms. The van der Waals surface area contributed by atoms with Crippen LogP contribution < -0.4 is 0 Å². The fourth-order valence-corrected chi connectivity index (χ4v) is 4.96. The zero-order valence-electron chi connectivity index (χ0n) is 29.1. The molecule has 0 aliphatic carbocycles. The van der Waals surface area contributed by atoms with Gasteiger partial charge in [-0.05, 0) is 96.9 Å². The monoisotopic (exact) mass is 950 g/mol. The van der Waals surface area contributed by atoms with E-state index in [1.54, 1.807) is 36.9 Å². The van der Waals surface area contributed by atoms with Crippen LogP contribution >= 0.6 is 7.81 Å². The van der Waals surface area contributed by atoms with Crippen LogP contribution in [0.3, 0.4) is 0 Å². The second-order valence-electron chi connectivity index (χ2n) is 11.6. The van der Waals surface area contributed by atoms with E-state index in [0.29, 0.717) is 5.56 Å². The van der Waals surface area contributed by atoms with E-state index in [1.165, 1.54) is 12.7 Å². The number of hydrogen-bond acceptors (Lipinski definition) is 7. The van der Waals surface area contributed by atoms with Crippen molar-refractivity contribution in [2.75, 3.05) is 7.11 Å². The summed E-state index contributed by atoms with van der Waals surface area (Å²) in [5.74, 6) is -0.380. The second-order valence-corrected chi connectivity index (χ2v) is 13.5. The Hall–Kier alpha value is -5.69. The summed E-state index contributed by atoms with van der Waals surface area (Å²) in [4.78, 5) is 34.3. The van der Waals surface area contributed by atoms with Gasteiger partial charge in [-0.2, -0.15) is 0 Å². The van der Waals surface area contributed by atoms with Gasteiger partial charge in [0, 0.05) is 55.7 Å². The summed E-state index contributed by atoms with van der Waals surface area (Å²) < 4.78 is 64.0. The van der Waals surface area contributed by atoms with E-state index in [1.807, 2.05) is 78.9 Å². The molecule has 0 radical (unpaired) electrons. The first-order valence-electron chi connectivity index (χ1n) is 16.1. The minimum absolute atomic E-state index is 0. The molecule has 5 aromatic heterocycles. The van der Waals surface area contributed by atoms with Crippen LogP contribution in [0.25, 0.3) is 56.4 Å². The fraction of sp³-hybridized carbons (Fsp3) is 0.0500. The zero-order valence-corrected chi connectivity index (χ0v) is 32.5. The largest absolute Gasteiger partial charge is 0 e. The van der Waals surface area contributed by atoms with Gasteiger partial charge >= 0.3 is 39.0 Å². The average molecular weight is 949 g/mol. The number of nitrogens with zero attached hydrogens (tertiary/aromatic N) is 5. The first kappa shape index (κ1) is 42.1. The number of pyridine rings is 5. The van der Waals surface area contributed by atoms with Crippen molar-refractivity contribution < 1.29 is 54.5 Å². The van der Waals surface area contributed by atoms with Gasteiger partial charge in [0.2, 0.25) is 0 Å². The molecule has 2 aromatic carbocycles. The summed E-state index contributed by atoms with van der Waals surface area (Å²) in [7, 11) is -9.29. The SMILES string of the molecule is COC(=O)c1cc(-c2ccccn2)cc(-c2ccccn2)c1.Cc1ccc(-c2cc(-c3ccccn3)nc(-c3ccccn3)c2)cc1.F[P-](F)(F)(F)(F)F.[Os]. The van der Waals surface area contributed by atoms with Gasteiger partial charge in [0.15, 0.2) is 0 Å². The van der Waals surface area contributed by atoms with Crippen molar-refractivity contribution in [1.82, 2.24) is 24.9 Å². The Bertz CT molecular complexity index is 2200. The average Bonchev–Trinajstić information content (AvgIpc) is 3.18. The number of aromatic nitrogens is 5. The van der Waals surface area contributed by atoms with Crippen LogP contribution in [0.1, 0.15) is 15.9 Å². The number of methoxy groups -OCH3 is 1. The van der Waals surface area contributed by atoms with Crippen LogP contribution in [0, 0.1) is 6.92 Å². The van der Waals surface area contributed by atoms with Crippen molar-refractivity contribution >= 4 is 13.8 Å². The molecule has 0 saturated carbocycles. The first-order valence-corrected chi connectivity index (χ1v) is 18.1. The molecule has 0 fully saturated rings. The van der Waals surface area contributed by atoms with Crippen molar-refractivity contribution in [2.45, 2.75) is 6.92 Å². The van der Waals surface area contributed by atoms with E-state index < -0.39 is 7.81 Å². The minimum Gasteiger partial charge on any atom is 0 e. The van der Waals surface area contributed by atoms with Crippen LogP contribution in [0.4, 0.5) is 25.2 Å². The first-order chi connectivity index (χ1) is 25.5. The maximum Gasteiger partial charge on any atom is 0 e. The van der Waals surface area contributed by atoms with E-state index in [9.17, 15) is 30.0 Å². The van der Waals surface area contributed by atoms with Gasteiger partial charge in [-0.25, -0.2) is 9.78 Å². The van der Waals surface area contributed by atoms with E-state index in [0.717, 1.165) is 56.4 Å². The molecule has 0 amide bonds. The molecule has 0 N–H and O–H groups in total. The maximum atomic E-state index is 11.9. The smallest absolute Gasteiger partial charge is 0 e. The quantitative estimate of drug-likeness (QED) is 0.0931. The van der Waals surface area contributed by atoms with Gasteiger partial charge in [0.25, 0.3) is 0 Å².